The summed E-state index contributed by atoms with van der Waals surface area (Å²) in [5.74, 6) is 0. The Morgan fingerprint density at radius 3 is 1.83 bits per heavy atom. The smallest absolute Gasteiger partial charge is 0.0703 e. The van der Waals surface area contributed by atoms with Crippen LogP contribution < -0.4 is 9.80 Å². The lowest BCUT2D eigenvalue weighted by Gasteiger charge is -2.33. The lowest BCUT2D eigenvalue weighted by molar-refractivity contribution is 0.658. The monoisotopic (exact) mass is 686 g/mol. The van der Waals surface area contributed by atoms with Gasteiger partial charge in [0.2, 0.25) is 0 Å². The molecule has 7 rings (SSSR count). The van der Waals surface area contributed by atoms with E-state index in [-0.39, 0.29) is 5.41 Å². The number of allylic oxidation sites excluding steroid dienone is 8. The topological polar surface area (TPSA) is 6.48 Å². The van der Waals surface area contributed by atoms with E-state index in [2.05, 4.69) is 232 Å². The first kappa shape index (κ1) is 35.0. The van der Waals surface area contributed by atoms with Crippen LogP contribution in [0.5, 0.6) is 0 Å². The van der Waals surface area contributed by atoms with Crippen LogP contribution in [0.25, 0.3) is 22.3 Å². The molecular formula is C51H46N2. The highest BCUT2D eigenvalue weighted by Gasteiger charge is 2.38. The van der Waals surface area contributed by atoms with Crippen LogP contribution in [0, 0.1) is 0 Å². The van der Waals surface area contributed by atoms with Crippen LogP contribution in [-0.2, 0) is 5.41 Å². The summed E-state index contributed by atoms with van der Waals surface area (Å²) in [7, 11) is 0. The molecular weight excluding hydrogens is 641 g/mol. The third-order valence-corrected chi connectivity index (χ3v) is 10.1. The molecule has 260 valence electrons. The molecule has 1 aliphatic rings. The van der Waals surface area contributed by atoms with Crippen molar-refractivity contribution >= 4 is 39.6 Å². The number of anilines is 5. The molecule has 0 spiro atoms. The Hall–Kier alpha value is -6.38. The lowest BCUT2D eigenvalue weighted by Crippen LogP contribution is -2.21. The van der Waals surface area contributed by atoms with E-state index < -0.39 is 0 Å². The van der Waals surface area contributed by atoms with Gasteiger partial charge in [-0.2, -0.15) is 0 Å². The first-order valence-electron chi connectivity index (χ1n) is 18.4. The highest BCUT2D eigenvalue weighted by atomic mass is 15.2. The first-order chi connectivity index (χ1) is 25.9. The van der Waals surface area contributed by atoms with Crippen LogP contribution in [0.4, 0.5) is 28.4 Å². The van der Waals surface area contributed by atoms with Crippen LogP contribution >= 0.6 is 0 Å². The van der Waals surface area contributed by atoms with Crippen molar-refractivity contribution in [2.24, 2.45) is 0 Å². The van der Waals surface area contributed by atoms with Crippen LogP contribution in [0.1, 0.15) is 44.4 Å². The highest BCUT2D eigenvalue weighted by Crippen LogP contribution is 2.51. The molecule has 0 radical (unpaired) electrons. The first-order valence-corrected chi connectivity index (χ1v) is 18.4. The molecule has 0 fully saturated rings. The van der Waals surface area contributed by atoms with Crippen LogP contribution in [-0.4, -0.2) is 0 Å². The number of hydrogen-bond donors (Lipinski definition) is 0. The van der Waals surface area contributed by atoms with Gasteiger partial charge in [-0.1, -0.05) is 160 Å². The molecule has 6 aromatic carbocycles. The Labute approximate surface area is 315 Å². The normalized spacial score (nSPS) is 15.1. The van der Waals surface area contributed by atoms with Gasteiger partial charge < -0.3 is 9.80 Å². The molecule has 0 bridgehead atoms. The van der Waals surface area contributed by atoms with Crippen LogP contribution in [0.15, 0.2) is 206 Å². The minimum absolute atomic E-state index is 0.248. The standard InChI is InChI=1S/C51H46N2/c1-6-20-38(8-3)41-32-35-49(53(43-26-16-11-17-27-43)44-33-30-40(31-34-44)39-22-12-9-13-23-39)50(36-41)52(42-24-14-10-15-25-42)37-48-45(21-7-2)46-28-18-19-29-47(46)51(48,4)5/h6-37H,2H2,1,3-5H3/b20-6-,38-8+,45-21-,48-37+. The maximum Gasteiger partial charge on any atom is 0.0703 e. The van der Waals surface area contributed by atoms with E-state index in [0.29, 0.717) is 0 Å². The van der Waals surface area contributed by atoms with Gasteiger partial charge in [-0.15, -0.1) is 0 Å². The Morgan fingerprint density at radius 1 is 0.604 bits per heavy atom. The Balaban J connectivity index is 1.51. The molecule has 0 N–H and O–H groups in total. The number of rotatable bonds is 10. The van der Waals surface area contributed by atoms with E-state index in [1.165, 1.54) is 39.0 Å². The maximum absolute atomic E-state index is 4.13. The number of benzene rings is 6. The summed E-state index contributed by atoms with van der Waals surface area (Å²) in [5, 5.41) is 0. The van der Waals surface area contributed by atoms with Crippen molar-refractivity contribution < 1.29 is 0 Å². The highest BCUT2D eigenvalue weighted by molar-refractivity contribution is 5.94. The third kappa shape index (κ3) is 6.97. The molecule has 0 aromatic heterocycles. The molecule has 2 nitrogen and oxygen atoms in total. The second-order valence-corrected chi connectivity index (χ2v) is 13.8. The zero-order chi connectivity index (χ0) is 36.8. The van der Waals surface area contributed by atoms with Gasteiger partial charge in [0.1, 0.15) is 0 Å². The zero-order valence-electron chi connectivity index (χ0n) is 31.1. The van der Waals surface area contributed by atoms with E-state index in [1.807, 2.05) is 6.08 Å². The summed E-state index contributed by atoms with van der Waals surface area (Å²) in [6, 6.07) is 56.5. The maximum atomic E-state index is 4.13. The second kappa shape index (κ2) is 15.5. The predicted octanol–water partition coefficient (Wildman–Crippen LogP) is 14.4. The quantitative estimate of drug-likeness (QED) is 0.132. The largest absolute Gasteiger partial charge is 0.315 e. The van der Waals surface area contributed by atoms with Crippen molar-refractivity contribution in [2.75, 3.05) is 9.80 Å². The predicted molar refractivity (Wildman–Crippen MR) is 229 cm³/mol. The third-order valence-electron chi connectivity index (χ3n) is 10.1. The van der Waals surface area contributed by atoms with Crippen molar-refractivity contribution in [1.29, 1.82) is 0 Å². The summed E-state index contributed by atoms with van der Waals surface area (Å²) in [6.45, 7) is 13.0. The van der Waals surface area contributed by atoms with Gasteiger partial charge in [0.15, 0.2) is 0 Å². The molecule has 1 aliphatic carbocycles. The van der Waals surface area contributed by atoms with E-state index >= 15 is 0 Å². The van der Waals surface area contributed by atoms with Gasteiger partial charge in [0, 0.05) is 28.7 Å². The van der Waals surface area contributed by atoms with Gasteiger partial charge >= 0.3 is 0 Å². The van der Waals surface area contributed by atoms with Gasteiger partial charge in [-0.25, -0.2) is 0 Å². The minimum atomic E-state index is -0.248. The van der Waals surface area contributed by atoms with Crippen LogP contribution in [0.2, 0.25) is 0 Å². The van der Waals surface area contributed by atoms with Crippen molar-refractivity contribution in [3.63, 3.8) is 0 Å². The summed E-state index contributed by atoms with van der Waals surface area (Å²) in [4.78, 5) is 4.76. The van der Waals surface area contributed by atoms with E-state index in [1.54, 1.807) is 0 Å². The Kier molecular flexibility index (Phi) is 10.2. The fourth-order valence-corrected chi connectivity index (χ4v) is 7.48. The second-order valence-electron chi connectivity index (χ2n) is 13.8. The molecule has 0 unspecified atom stereocenters. The SMILES string of the molecule is C=C/C=C1\C(=C/N(c2ccccc2)c2cc(C(/C=C\C)=C/C)ccc2N(c2ccccc2)c2ccc(-c3ccccc3)cc2)C(C)(C)c2ccccc21. The molecule has 0 saturated carbocycles. The van der Waals surface area contributed by atoms with Crippen molar-refractivity contribution in [3.05, 3.63) is 223 Å². The number of nitrogens with zero attached hydrogens (tertiary/aromatic N) is 2. The lowest BCUT2D eigenvalue weighted by atomic mass is 9.82. The fraction of sp³-hybridized carbons (Fsp3) is 0.0980. The average Bonchev–Trinajstić information content (AvgIpc) is 3.42. The molecule has 6 aromatic rings. The molecule has 53 heavy (non-hydrogen) atoms. The van der Waals surface area contributed by atoms with Crippen molar-refractivity contribution in [3.8, 4) is 11.1 Å². The summed E-state index contributed by atoms with van der Waals surface area (Å²) >= 11 is 0. The van der Waals surface area contributed by atoms with Gasteiger partial charge in [-0.05, 0) is 107 Å². The molecule has 0 saturated heterocycles. The zero-order valence-corrected chi connectivity index (χ0v) is 31.1. The number of hydrogen-bond acceptors (Lipinski definition) is 2. The summed E-state index contributed by atoms with van der Waals surface area (Å²) in [6.07, 6.45) is 12.9. The minimum Gasteiger partial charge on any atom is -0.315 e. The molecule has 0 amide bonds. The van der Waals surface area contributed by atoms with E-state index in [4.69, 9.17) is 0 Å². The number of fused-ring (bicyclic) bond motifs is 1. The van der Waals surface area contributed by atoms with E-state index in [9.17, 15) is 0 Å². The fourth-order valence-electron chi connectivity index (χ4n) is 7.48. The Morgan fingerprint density at radius 2 is 1.19 bits per heavy atom. The van der Waals surface area contributed by atoms with Crippen molar-refractivity contribution in [2.45, 2.75) is 33.1 Å². The van der Waals surface area contributed by atoms with Gasteiger partial charge in [0.25, 0.3) is 0 Å². The molecule has 0 heterocycles. The molecule has 0 aliphatic heterocycles. The summed E-state index contributed by atoms with van der Waals surface area (Å²) < 4.78 is 0. The Bertz CT molecular complexity index is 2320. The van der Waals surface area contributed by atoms with E-state index in [0.717, 1.165) is 34.0 Å². The molecule has 0 atom stereocenters. The average molecular weight is 687 g/mol. The van der Waals surface area contributed by atoms with Gasteiger partial charge in [-0.3, -0.25) is 0 Å². The summed E-state index contributed by atoms with van der Waals surface area (Å²) in [5.41, 5.74) is 14.8. The molecule has 2 heteroatoms. The van der Waals surface area contributed by atoms with Crippen molar-refractivity contribution in [1.82, 2.24) is 0 Å². The van der Waals surface area contributed by atoms with Crippen LogP contribution in [0.3, 0.4) is 0 Å². The van der Waals surface area contributed by atoms with Gasteiger partial charge in [0.05, 0.1) is 11.4 Å². The number of para-hydroxylation sites is 2.